The molecule has 0 saturated heterocycles. The minimum absolute atomic E-state index is 0.0752. The van der Waals surface area contributed by atoms with E-state index in [0.717, 1.165) is 22.6 Å². The van der Waals surface area contributed by atoms with Crippen LogP contribution in [-0.4, -0.2) is 27.3 Å². The van der Waals surface area contributed by atoms with Crippen molar-refractivity contribution in [2.24, 2.45) is 0 Å². The molecule has 0 saturated carbocycles. The number of anilines is 1. The van der Waals surface area contributed by atoms with Crippen molar-refractivity contribution in [2.75, 3.05) is 12.4 Å². The number of nitrogens with one attached hydrogen (secondary N) is 1. The van der Waals surface area contributed by atoms with Gasteiger partial charge in [0.15, 0.2) is 0 Å². The van der Waals surface area contributed by atoms with Crippen molar-refractivity contribution < 1.29 is 4.74 Å². The van der Waals surface area contributed by atoms with Gasteiger partial charge in [0.2, 0.25) is 5.95 Å². The number of aryl methyl sites for hydroxylation is 2. The van der Waals surface area contributed by atoms with Gasteiger partial charge in [-0.1, -0.05) is 29.4 Å². The van der Waals surface area contributed by atoms with Crippen LogP contribution < -0.4 is 10.1 Å². The van der Waals surface area contributed by atoms with Crippen LogP contribution in [0.3, 0.4) is 0 Å². The number of aromatic nitrogens is 4. The number of ether oxygens (including phenoxy) is 1. The van der Waals surface area contributed by atoms with Crippen molar-refractivity contribution in [1.82, 2.24) is 20.2 Å². The summed E-state index contributed by atoms with van der Waals surface area (Å²) in [6.45, 7) is 4.23. The number of fused-ring (bicyclic) bond motifs is 1. The molecule has 3 aromatic rings. The second kappa shape index (κ2) is 6.05. The molecule has 0 radical (unpaired) electrons. The van der Waals surface area contributed by atoms with E-state index in [9.17, 15) is 0 Å². The van der Waals surface area contributed by atoms with Crippen molar-refractivity contribution >= 4 is 11.6 Å². The Morgan fingerprint density at radius 2 is 1.84 bits per heavy atom. The van der Waals surface area contributed by atoms with Gasteiger partial charge in [-0.25, -0.2) is 0 Å². The second-order valence-corrected chi connectivity index (χ2v) is 6.17. The molecule has 0 bridgehead atoms. The van der Waals surface area contributed by atoms with Gasteiger partial charge in [0.1, 0.15) is 11.8 Å². The molecular formula is C19H19N5O. The molecule has 0 aliphatic carbocycles. The highest BCUT2D eigenvalue weighted by molar-refractivity contribution is 5.77. The summed E-state index contributed by atoms with van der Waals surface area (Å²) in [4.78, 5) is 0. The zero-order valence-electron chi connectivity index (χ0n) is 14.4. The van der Waals surface area contributed by atoms with Crippen LogP contribution in [0.1, 0.15) is 28.3 Å². The first-order valence-electron chi connectivity index (χ1n) is 8.14. The molecule has 0 amide bonds. The van der Waals surface area contributed by atoms with Crippen LogP contribution >= 0.6 is 0 Å². The lowest BCUT2D eigenvalue weighted by Gasteiger charge is -2.24. The number of benzene rings is 2. The van der Waals surface area contributed by atoms with Gasteiger partial charge in [0, 0.05) is 5.70 Å². The van der Waals surface area contributed by atoms with Gasteiger partial charge in [0.25, 0.3) is 0 Å². The number of methoxy groups -OCH3 is 1. The van der Waals surface area contributed by atoms with E-state index >= 15 is 0 Å². The molecule has 1 aliphatic heterocycles. The molecule has 25 heavy (non-hydrogen) atoms. The van der Waals surface area contributed by atoms with Crippen LogP contribution in [0, 0.1) is 13.8 Å². The summed E-state index contributed by atoms with van der Waals surface area (Å²) in [5.41, 5.74) is 5.75. The molecule has 0 fully saturated rings. The predicted octanol–water partition coefficient (Wildman–Crippen LogP) is 3.35. The monoisotopic (exact) mass is 333 g/mol. The Bertz CT molecular complexity index is 943. The van der Waals surface area contributed by atoms with Crippen molar-refractivity contribution in [3.05, 3.63) is 70.8 Å². The highest BCUT2D eigenvalue weighted by Gasteiger charge is 2.24. The summed E-state index contributed by atoms with van der Waals surface area (Å²) in [6, 6.07) is 14.3. The van der Waals surface area contributed by atoms with E-state index in [1.165, 1.54) is 11.1 Å². The Morgan fingerprint density at radius 3 is 2.56 bits per heavy atom. The summed E-state index contributed by atoms with van der Waals surface area (Å²) < 4.78 is 7.03. The van der Waals surface area contributed by atoms with Crippen LogP contribution in [-0.2, 0) is 0 Å². The smallest absolute Gasteiger partial charge is 0.248 e. The van der Waals surface area contributed by atoms with Crippen molar-refractivity contribution in [3.8, 4) is 5.75 Å². The van der Waals surface area contributed by atoms with Crippen molar-refractivity contribution in [2.45, 2.75) is 19.9 Å². The Balaban J connectivity index is 1.78. The van der Waals surface area contributed by atoms with Gasteiger partial charge in [-0.2, -0.15) is 4.68 Å². The van der Waals surface area contributed by atoms with Crippen LogP contribution in [0.4, 0.5) is 5.95 Å². The molecule has 6 nitrogen and oxygen atoms in total. The summed E-state index contributed by atoms with van der Waals surface area (Å²) in [7, 11) is 1.66. The van der Waals surface area contributed by atoms with E-state index in [2.05, 4.69) is 59.0 Å². The van der Waals surface area contributed by atoms with E-state index < -0.39 is 0 Å². The van der Waals surface area contributed by atoms with E-state index in [-0.39, 0.29) is 6.04 Å². The molecule has 4 rings (SSSR count). The number of hydrogen-bond acceptors (Lipinski definition) is 5. The first-order valence-corrected chi connectivity index (χ1v) is 8.14. The molecule has 0 spiro atoms. The summed E-state index contributed by atoms with van der Waals surface area (Å²) >= 11 is 0. The molecule has 126 valence electrons. The zero-order chi connectivity index (χ0) is 17.4. The van der Waals surface area contributed by atoms with E-state index in [1.807, 2.05) is 24.3 Å². The Hall–Kier alpha value is -3.15. The largest absolute Gasteiger partial charge is 0.497 e. The van der Waals surface area contributed by atoms with Gasteiger partial charge < -0.3 is 10.1 Å². The minimum atomic E-state index is -0.0752. The van der Waals surface area contributed by atoms with E-state index in [4.69, 9.17) is 4.74 Å². The van der Waals surface area contributed by atoms with Gasteiger partial charge >= 0.3 is 0 Å². The fraction of sp³-hybridized carbons (Fsp3) is 0.211. The van der Waals surface area contributed by atoms with Crippen LogP contribution in [0.15, 0.2) is 48.5 Å². The summed E-state index contributed by atoms with van der Waals surface area (Å²) in [5.74, 6) is 1.46. The summed E-state index contributed by atoms with van der Waals surface area (Å²) in [6.07, 6.45) is 2.15. The molecule has 6 heteroatoms. The fourth-order valence-electron chi connectivity index (χ4n) is 2.97. The van der Waals surface area contributed by atoms with Gasteiger partial charge in [-0.3, -0.25) is 0 Å². The van der Waals surface area contributed by atoms with Crippen molar-refractivity contribution in [3.63, 3.8) is 0 Å². The third-order valence-electron chi connectivity index (χ3n) is 4.60. The van der Waals surface area contributed by atoms with Gasteiger partial charge in [-0.05, 0) is 70.8 Å². The normalized spacial score (nSPS) is 16.0. The van der Waals surface area contributed by atoms with E-state index in [1.54, 1.807) is 11.8 Å². The number of hydrogen-bond donors (Lipinski definition) is 1. The van der Waals surface area contributed by atoms with Crippen LogP contribution in [0.5, 0.6) is 5.75 Å². The molecule has 0 unspecified atom stereocenters. The molecule has 1 aliphatic rings. The number of allylic oxidation sites excluding steroid dienone is 1. The molecule has 1 atom stereocenters. The maximum absolute atomic E-state index is 5.25. The Kier molecular flexibility index (Phi) is 3.72. The number of nitrogens with zero attached hydrogens (tertiary/aromatic N) is 4. The van der Waals surface area contributed by atoms with Gasteiger partial charge in [0.05, 0.1) is 7.11 Å². The molecule has 2 aromatic carbocycles. The van der Waals surface area contributed by atoms with Gasteiger partial charge in [-0.15, -0.1) is 0 Å². The highest BCUT2D eigenvalue weighted by atomic mass is 16.5. The first kappa shape index (κ1) is 15.4. The minimum Gasteiger partial charge on any atom is -0.497 e. The predicted molar refractivity (Wildman–Crippen MR) is 96.5 cm³/mol. The Morgan fingerprint density at radius 1 is 1.04 bits per heavy atom. The number of rotatable bonds is 3. The second-order valence-electron chi connectivity index (χ2n) is 6.17. The third kappa shape index (κ3) is 2.76. The lowest BCUT2D eigenvalue weighted by atomic mass is 9.99. The standard InChI is InChI=1S/C19H19N5O/c1-12-4-5-15(10-13(12)2)17-11-18(24-19(20-17)21-22-23-24)14-6-8-16(25-3)9-7-14/h4-11,18H,1-3H3,(H,20,21,23)/t18-/m1/s1. The molecule has 1 N–H and O–H groups in total. The molecule has 1 aromatic heterocycles. The fourth-order valence-corrected chi connectivity index (χ4v) is 2.97. The maximum atomic E-state index is 5.25. The maximum Gasteiger partial charge on any atom is 0.248 e. The molecular weight excluding hydrogens is 314 g/mol. The summed E-state index contributed by atoms with van der Waals surface area (Å²) in [5, 5.41) is 15.4. The quantitative estimate of drug-likeness (QED) is 0.796. The average Bonchev–Trinajstić information content (AvgIpc) is 3.12. The number of tetrazole rings is 1. The lowest BCUT2D eigenvalue weighted by Crippen LogP contribution is -2.20. The topological polar surface area (TPSA) is 64.9 Å². The molecule has 2 heterocycles. The van der Waals surface area contributed by atoms with Crippen molar-refractivity contribution in [1.29, 1.82) is 0 Å². The van der Waals surface area contributed by atoms with Crippen LogP contribution in [0.2, 0.25) is 0 Å². The SMILES string of the molecule is COc1ccc([C@H]2C=C(c3ccc(C)c(C)c3)Nc3nnnn32)cc1. The lowest BCUT2D eigenvalue weighted by molar-refractivity contribution is 0.414. The van der Waals surface area contributed by atoms with E-state index in [0.29, 0.717) is 5.95 Å². The zero-order valence-corrected chi connectivity index (χ0v) is 14.4. The average molecular weight is 333 g/mol. The third-order valence-corrected chi connectivity index (χ3v) is 4.60. The van der Waals surface area contributed by atoms with Crippen LogP contribution in [0.25, 0.3) is 5.70 Å². The highest BCUT2D eigenvalue weighted by Crippen LogP contribution is 2.32. The first-order chi connectivity index (χ1) is 12.2. The Labute approximate surface area is 146 Å².